The van der Waals surface area contributed by atoms with Crippen LogP contribution >= 0.6 is 0 Å². The summed E-state index contributed by atoms with van der Waals surface area (Å²) in [6.45, 7) is 7.28. The van der Waals surface area contributed by atoms with E-state index < -0.39 is 0 Å². The van der Waals surface area contributed by atoms with Gasteiger partial charge in [0.2, 0.25) is 0 Å². The summed E-state index contributed by atoms with van der Waals surface area (Å²) in [6.07, 6.45) is 5.41. The third-order valence-electron chi connectivity index (χ3n) is 3.76. The maximum atomic E-state index is 6.31. The highest BCUT2D eigenvalue weighted by atomic mass is 16.5. The van der Waals surface area contributed by atoms with Crippen LogP contribution in [0.1, 0.15) is 39.5 Å². The second-order valence-electron chi connectivity index (χ2n) is 5.29. The van der Waals surface area contributed by atoms with Crippen LogP contribution in [0.15, 0.2) is 0 Å². The summed E-state index contributed by atoms with van der Waals surface area (Å²) in [5, 5.41) is 0. The van der Waals surface area contributed by atoms with Crippen molar-refractivity contribution in [3.8, 4) is 0 Å². The summed E-state index contributed by atoms with van der Waals surface area (Å²) in [5.74, 6) is 0.754. The molecule has 0 radical (unpaired) electrons. The molecule has 0 amide bonds. The molecule has 0 aromatic heterocycles. The predicted molar refractivity (Wildman–Crippen MR) is 68.5 cm³/mol. The van der Waals surface area contributed by atoms with Crippen molar-refractivity contribution in [2.75, 3.05) is 26.8 Å². The van der Waals surface area contributed by atoms with Gasteiger partial charge >= 0.3 is 0 Å². The Morgan fingerprint density at radius 1 is 1.31 bits per heavy atom. The third-order valence-corrected chi connectivity index (χ3v) is 3.76. The van der Waals surface area contributed by atoms with Crippen molar-refractivity contribution in [3.63, 3.8) is 0 Å². The molecule has 0 aromatic carbocycles. The van der Waals surface area contributed by atoms with E-state index >= 15 is 0 Å². The van der Waals surface area contributed by atoms with Crippen molar-refractivity contribution < 1.29 is 4.74 Å². The molecule has 1 saturated carbocycles. The van der Waals surface area contributed by atoms with E-state index in [9.17, 15) is 0 Å². The van der Waals surface area contributed by atoms with Crippen LogP contribution in [0.4, 0.5) is 0 Å². The zero-order valence-electron chi connectivity index (χ0n) is 11.1. The first-order valence-electron chi connectivity index (χ1n) is 6.63. The quantitative estimate of drug-likeness (QED) is 0.723. The highest BCUT2D eigenvalue weighted by molar-refractivity contribution is 4.81. The fraction of sp³-hybridized carbons (Fsp3) is 1.00. The van der Waals surface area contributed by atoms with Gasteiger partial charge in [0, 0.05) is 32.3 Å². The molecule has 1 unspecified atom stereocenters. The van der Waals surface area contributed by atoms with E-state index in [1.54, 1.807) is 7.11 Å². The Labute approximate surface area is 100 Å². The standard InChI is InChI=1S/C13H28N2O/c1-11(2)15(8-9-16-3)10-13(14)12-6-4-5-7-12/h11-13H,4-10,14H2,1-3H3. The number of nitrogens with two attached hydrogens (primary N) is 1. The van der Waals surface area contributed by atoms with Crippen LogP contribution in [0.25, 0.3) is 0 Å². The van der Waals surface area contributed by atoms with Gasteiger partial charge in [0.1, 0.15) is 0 Å². The Morgan fingerprint density at radius 2 is 1.94 bits per heavy atom. The van der Waals surface area contributed by atoms with E-state index in [2.05, 4.69) is 18.7 Å². The maximum Gasteiger partial charge on any atom is 0.0589 e. The van der Waals surface area contributed by atoms with Gasteiger partial charge in [-0.3, -0.25) is 4.90 Å². The largest absolute Gasteiger partial charge is 0.383 e. The molecule has 1 aliphatic carbocycles. The molecule has 96 valence electrons. The summed E-state index contributed by atoms with van der Waals surface area (Å²) in [6, 6.07) is 0.907. The van der Waals surface area contributed by atoms with E-state index in [-0.39, 0.29) is 0 Å². The molecule has 16 heavy (non-hydrogen) atoms. The molecular formula is C13H28N2O. The highest BCUT2D eigenvalue weighted by Gasteiger charge is 2.24. The van der Waals surface area contributed by atoms with Gasteiger partial charge in [-0.1, -0.05) is 12.8 Å². The second kappa shape index (κ2) is 7.25. The Bertz CT molecular complexity index is 179. The first-order chi connectivity index (χ1) is 7.65. The summed E-state index contributed by atoms with van der Waals surface area (Å²) >= 11 is 0. The molecule has 0 spiro atoms. The molecule has 3 heteroatoms. The number of nitrogens with zero attached hydrogens (tertiary/aromatic N) is 1. The molecule has 3 nitrogen and oxygen atoms in total. The molecule has 0 saturated heterocycles. The topological polar surface area (TPSA) is 38.5 Å². The van der Waals surface area contributed by atoms with Crippen LogP contribution in [-0.2, 0) is 4.74 Å². The fourth-order valence-electron chi connectivity index (χ4n) is 2.57. The van der Waals surface area contributed by atoms with Gasteiger partial charge in [0.25, 0.3) is 0 Å². The molecule has 0 heterocycles. The van der Waals surface area contributed by atoms with Crippen LogP contribution < -0.4 is 5.73 Å². The lowest BCUT2D eigenvalue weighted by Gasteiger charge is -2.31. The minimum Gasteiger partial charge on any atom is -0.383 e. The van der Waals surface area contributed by atoms with Crippen molar-refractivity contribution in [1.29, 1.82) is 0 Å². The molecule has 1 rings (SSSR count). The number of methoxy groups -OCH3 is 1. The lowest BCUT2D eigenvalue weighted by Crippen LogP contribution is -2.45. The van der Waals surface area contributed by atoms with Gasteiger partial charge in [-0.15, -0.1) is 0 Å². The molecule has 0 aromatic rings. The van der Waals surface area contributed by atoms with Crippen LogP contribution in [-0.4, -0.2) is 43.8 Å². The summed E-state index contributed by atoms with van der Waals surface area (Å²) < 4.78 is 5.15. The van der Waals surface area contributed by atoms with Crippen LogP contribution in [0.3, 0.4) is 0 Å². The summed E-state index contributed by atoms with van der Waals surface area (Å²) in [5.41, 5.74) is 6.31. The fourth-order valence-corrected chi connectivity index (χ4v) is 2.57. The molecule has 1 aliphatic rings. The SMILES string of the molecule is COCCN(CC(N)C1CCCC1)C(C)C. The van der Waals surface area contributed by atoms with E-state index in [0.29, 0.717) is 12.1 Å². The Morgan fingerprint density at radius 3 is 2.44 bits per heavy atom. The smallest absolute Gasteiger partial charge is 0.0589 e. The van der Waals surface area contributed by atoms with E-state index in [1.165, 1.54) is 25.7 Å². The minimum absolute atomic E-state index is 0.349. The lowest BCUT2D eigenvalue weighted by molar-refractivity contribution is 0.119. The van der Waals surface area contributed by atoms with Crippen molar-refractivity contribution in [1.82, 2.24) is 4.90 Å². The highest BCUT2D eigenvalue weighted by Crippen LogP contribution is 2.27. The van der Waals surface area contributed by atoms with Crippen LogP contribution in [0.2, 0.25) is 0 Å². The number of rotatable bonds is 7. The minimum atomic E-state index is 0.349. The average Bonchev–Trinajstić information content (AvgIpc) is 2.76. The molecule has 1 fully saturated rings. The van der Waals surface area contributed by atoms with Crippen molar-refractivity contribution in [2.24, 2.45) is 11.7 Å². The summed E-state index contributed by atoms with van der Waals surface area (Å²) in [7, 11) is 1.76. The van der Waals surface area contributed by atoms with Gasteiger partial charge in [0.05, 0.1) is 6.61 Å². The second-order valence-corrected chi connectivity index (χ2v) is 5.29. The molecule has 2 N–H and O–H groups in total. The van der Waals surface area contributed by atoms with Crippen molar-refractivity contribution in [3.05, 3.63) is 0 Å². The predicted octanol–water partition coefficient (Wildman–Crippen LogP) is 1.86. The van der Waals surface area contributed by atoms with Gasteiger partial charge in [-0.2, -0.15) is 0 Å². The lowest BCUT2D eigenvalue weighted by atomic mass is 9.98. The first kappa shape index (κ1) is 13.9. The number of hydrogen-bond donors (Lipinski definition) is 1. The zero-order chi connectivity index (χ0) is 12.0. The van der Waals surface area contributed by atoms with Crippen LogP contribution in [0, 0.1) is 5.92 Å². The van der Waals surface area contributed by atoms with Gasteiger partial charge < -0.3 is 10.5 Å². The zero-order valence-corrected chi connectivity index (χ0v) is 11.1. The Hall–Kier alpha value is -0.120. The van der Waals surface area contributed by atoms with Gasteiger partial charge in [-0.05, 0) is 32.6 Å². The average molecular weight is 228 g/mol. The number of hydrogen-bond acceptors (Lipinski definition) is 3. The normalized spacial score (nSPS) is 19.9. The van der Waals surface area contributed by atoms with E-state index in [4.69, 9.17) is 10.5 Å². The first-order valence-corrected chi connectivity index (χ1v) is 6.63. The molecule has 0 aliphatic heterocycles. The monoisotopic (exact) mass is 228 g/mol. The molecular weight excluding hydrogens is 200 g/mol. The van der Waals surface area contributed by atoms with E-state index in [1.807, 2.05) is 0 Å². The van der Waals surface area contributed by atoms with Gasteiger partial charge in [-0.25, -0.2) is 0 Å². The number of ether oxygens (including phenoxy) is 1. The molecule has 1 atom stereocenters. The molecule has 0 bridgehead atoms. The van der Waals surface area contributed by atoms with E-state index in [0.717, 1.165) is 25.6 Å². The van der Waals surface area contributed by atoms with Crippen LogP contribution in [0.5, 0.6) is 0 Å². The Balaban J connectivity index is 2.34. The van der Waals surface area contributed by atoms with Crippen molar-refractivity contribution >= 4 is 0 Å². The van der Waals surface area contributed by atoms with Gasteiger partial charge in [0.15, 0.2) is 0 Å². The van der Waals surface area contributed by atoms with Crippen molar-refractivity contribution in [2.45, 2.75) is 51.6 Å². The summed E-state index contributed by atoms with van der Waals surface area (Å²) in [4.78, 5) is 2.44. The third kappa shape index (κ3) is 4.40. The Kier molecular flexibility index (Phi) is 6.32. The maximum absolute atomic E-state index is 6.31.